The first-order valence-corrected chi connectivity index (χ1v) is 7.74. The first-order valence-electron chi connectivity index (χ1n) is 7.74. The molecule has 0 saturated carbocycles. The fourth-order valence-electron chi connectivity index (χ4n) is 2.22. The first-order chi connectivity index (χ1) is 12.1. The summed E-state index contributed by atoms with van der Waals surface area (Å²) >= 11 is 0. The van der Waals surface area contributed by atoms with Crippen molar-refractivity contribution in [3.05, 3.63) is 83.5 Å². The zero-order chi connectivity index (χ0) is 17.6. The molecule has 0 bridgehead atoms. The van der Waals surface area contributed by atoms with Gasteiger partial charge in [0.15, 0.2) is 0 Å². The molecule has 3 aromatic rings. The van der Waals surface area contributed by atoms with Crippen LogP contribution in [0.25, 0.3) is 17.5 Å². The van der Waals surface area contributed by atoms with Crippen molar-refractivity contribution in [2.24, 2.45) is 0 Å². The van der Waals surface area contributed by atoms with Gasteiger partial charge in [-0.3, -0.25) is 0 Å². The molecule has 0 atom stereocenters. The highest BCUT2D eigenvalue weighted by molar-refractivity contribution is 5.87. The summed E-state index contributed by atoms with van der Waals surface area (Å²) in [5.74, 6) is 0.0918. The predicted octanol–water partition coefficient (Wildman–Crippen LogP) is 4.55. The van der Waals surface area contributed by atoms with E-state index in [2.05, 4.69) is 4.98 Å². The van der Waals surface area contributed by atoms with Gasteiger partial charge in [-0.05, 0) is 31.2 Å². The molecule has 0 spiro atoms. The van der Waals surface area contributed by atoms with Crippen LogP contribution < -0.4 is 0 Å². The molecule has 1 heterocycles. The Morgan fingerprint density at radius 3 is 2.64 bits per heavy atom. The first kappa shape index (κ1) is 16.6. The third kappa shape index (κ3) is 4.20. The van der Waals surface area contributed by atoms with E-state index in [4.69, 9.17) is 9.15 Å². The Bertz CT molecular complexity index is 900. The molecule has 0 aliphatic rings. The Labute approximate surface area is 144 Å². The van der Waals surface area contributed by atoms with Gasteiger partial charge in [-0.15, -0.1) is 0 Å². The summed E-state index contributed by atoms with van der Waals surface area (Å²) in [6, 6.07) is 15.6. The molecule has 0 unspecified atom stereocenters. The number of hydrogen-bond acceptors (Lipinski definition) is 4. The summed E-state index contributed by atoms with van der Waals surface area (Å²) in [6.45, 7) is 1.75. The number of ether oxygens (including phenoxy) is 1. The molecule has 0 N–H and O–H groups in total. The van der Waals surface area contributed by atoms with Crippen LogP contribution in [0.1, 0.15) is 17.0 Å². The number of esters is 1. The molecule has 0 amide bonds. The molecular weight excluding hydrogens is 321 g/mol. The molecule has 0 aliphatic heterocycles. The largest absolute Gasteiger partial charge is 0.456 e. The van der Waals surface area contributed by atoms with Gasteiger partial charge in [0, 0.05) is 17.2 Å². The Morgan fingerprint density at radius 2 is 1.88 bits per heavy atom. The minimum atomic E-state index is -0.577. The zero-order valence-corrected chi connectivity index (χ0v) is 13.6. The summed E-state index contributed by atoms with van der Waals surface area (Å²) < 4.78 is 24.2. The summed E-state index contributed by atoms with van der Waals surface area (Å²) in [7, 11) is 0. The minimum Gasteiger partial charge on any atom is -0.456 e. The summed E-state index contributed by atoms with van der Waals surface area (Å²) in [5, 5.41) is 0. The lowest BCUT2D eigenvalue weighted by atomic mass is 10.2. The van der Waals surface area contributed by atoms with E-state index >= 15 is 0 Å². The standard InChI is InChI=1S/C20H16FNO3/c1-14-18(22-20(25-14)16-8-3-2-4-9-16)13-24-19(23)12-11-15-7-5-6-10-17(15)21/h2-12H,13H2,1H3. The van der Waals surface area contributed by atoms with E-state index in [1.807, 2.05) is 30.3 Å². The van der Waals surface area contributed by atoms with Crippen LogP contribution in [0.15, 0.2) is 65.1 Å². The number of benzene rings is 2. The second-order valence-electron chi connectivity index (χ2n) is 5.35. The van der Waals surface area contributed by atoms with Crippen LogP contribution in [0.3, 0.4) is 0 Å². The van der Waals surface area contributed by atoms with Gasteiger partial charge in [-0.2, -0.15) is 0 Å². The Kier molecular flexibility index (Phi) is 5.04. The average molecular weight is 337 g/mol. The number of aryl methyl sites for hydroxylation is 1. The lowest BCUT2D eigenvalue weighted by Gasteiger charge is -1.99. The minimum absolute atomic E-state index is 0.0113. The number of aromatic nitrogens is 1. The molecule has 3 rings (SSSR count). The predicted molar refractivity (Wildman–Crippen MR) is 91.9 cm³/mol. The Balaban J connectivity index is 1.63. The molecule has 0 radical (unpaired) electrons. The van der Waals surface area contributed by atoms with Crippen LogP contribution in [-0.4, -0.2) is 11.0 Å². The molecule has 2 aromatic carbocycles. The van der Waals surface area contributed by atoms with E-state index in [0.29, 0.717) is 22.9 Å². The van der Waals surface area contributed by atoms with Crippen molar-refractivity contribution >= 4 is 12.0 Å². The average Bonchev–Trinajstić information content (AvgIpc) is 3.01. The van der Waals surface area contributed by atoms with E-state index in [1.54, 1.807) is 25.1 Å². The second-order valence-corrected chi connectivity index (χ2v) is 5.35. The van der Waals surface area contributed by atoms with Gasteiger partial charge in [0.2, 0.25) is 5.89 Å². The van der Waals surface area contributed by atoms with Crippen LogP contribution in [-0.2, 0) is 16.1 Å². The maximum atomic E-state index is 13.5. The number of oxazole rings is 1. The zero-order valence-electron chi connectivity index (χ0n) is 13.6. The molecule has 126 valence electrons. The molecule has 0 aliphatic carbocycles. The van der Waals surface area contributed by atoms with Crippen molar-refractivity contribution in [2.45, 2.75) is 13.5 Å². The van der Waals surface area contributed by atoms with Gasteiger partial charge in [0.1, 0.15) is 23.9 Å². The maximum Gasteiger partial charge on any atom is 0.331 e. The SMILES string of the molecule is Cc1oc(-c2ccccc2)nc1COC(=O)C=Cc1ccccc1F. The third-order valence-electron chi connectivity index (χ3n) is 3.57. The number of nitrogens with zero attached hydrogens (tertiary/aromatic N) is 1. The van der Waals surface area contributed by atoms with E-state index < -0.39 is 11.8 Å². The van der Waals surface area contributed by atoms with Crippen LogP contribution in [0.5, 0.6) is 0 Å². The highest BCUT2D eigenvalue weighted by Crippen LogP contribution is 2.21. The number of halogens is 1. The van der Waals surface area contributed by atoms with Crippen molar-refractivity contribution in [3.63, 3.8) is 0 Å². The molecule has 0 saturated heterocycles. The van der Waals surface area contributed by atoms with Crippen LogP contribution in [0.2, 0.25) is 0 Å². The fourth-order valence-corrected chi connectivity index (χ4v) is 2.22. The number of hydrogen-bond donors (Lipinski definition) is 0. The Hall–Kier alpha value is -3.21. The van der Waals surface area contributed by atoms with E-state index in [9.17, 15) is 9.18 Å². The summed E-state index contributed by atoms with van der Waals surface area (Å²) in [4.78, 5) is 16.2. The fraction of sp³-hybridized carbons (Fsp3) is 0.100. The van der Waals surface area contributed by atoms with Crippen molar-refractivity contribution in [1.29, 1.82) is 0 Å². The topological polar surface area (TPSA) is 52.3 Å². The van der Waals surface area contributed by atoms with E-state index in [-0.39, 0.29) is 6.61 Å². The molecular formula is C20H16FNO3. The van der Waals surface area contributed by atoms with Crippen molar-refractivity contribution in [3.8, 4) is 11.5 Å². The van der Waals surface area contributed by atoms with Gasteiger partial charge >= 0.3 is 5.97 Å². The lowest BCUT2D eigenvalue weighted by Crippen LogP contribution is -2.02. The van der Waals surface area contributed by atoms with E-state index in [1.165, 1.54) is 18.2 Å². The van der Waals surface area contributed by atoms with Crippen molar-refractivity contribution in [2.75, 3.05) is 0 Å². The Morgan fingerprint density at radius 1 is 1.16 bits per heavy atom. The molecule has 0 fully saturated rings. The number of rotatable bonds is 5. The van der Waals surface area contributed by atoms with Crippen LogP contribution in [0.4, 0.5) is 4.39 Å². The van der Waals surface area contributed by atoms with E-state index in [0.717, 1.165) is 5.56 Å². The third-order valence-corrected chi connectivity index (χ3v) is 3.57. The van der Waals surface area contributed by atoms with Crippen molar-refractivity contribution < 1.29 is 18.3 Å². The van der Waals surface area contributed by atoms with Crippen LogP contribution in [0, 0.1) is 12.7 Å². The quantitative estimate of drug-likeness (QED) is 0.506. The summed E-state index contributed by atoms with van der Waals surface area (Å²) in [6.07, 6.45) is 2.56. The van der Waals surface area contributed by atoms with Gasteiger partial charge < -0.3 is 9.15 Å². The monoisotopic (exact) mass is 337 g/mol. The van der Waals surface area contributed by atoms with Gasteiger partial charge in [0.25, 0.3) is 0 Å². The highest BCUT2D eigenvalue weighted by Gasteiger charge is 2.12. The molecule has 1 aromatic heterocycles. The molecule has 25 heavy (non-hydrogen) atoms. The molecule has 4 nitrogen and oxygen atoms in total. The van der Waals surface area contributed by atoms with Crippen LogP contribution >= 0.6 is 0 Å². The lowest BCUT2D eigenvalue weighted by molar-refractivity contribution is -0.139. The van der Waals surface area contributed by atoms with Crippen molar-refractivity contribution in [1.82, 2.24) is 4.98 Å². The molecule has 5 heteroatoms. The van der Waals surface area contributed by atoms with Gasteiger partial charge in [-0.1, -0.05) is 36.4 Å². The van der Waals surface area contributed by atoms with Gasteiger partial charge in [0.05, 0.1) is 0 Å². The normalized spacial score (nSPS) is 11.0. The maximum absolute atomic E-state index is 13.5. The number of carbonyl (C=O) groups excluding carboxylic acids is 1. The summed E-state index contributed by atoms with van der Waals surface area (Å²) in [5.41, 5.74) is 1.72. The van der Waals surface area contributed by atoms with Gasteiger partial charge in [-0.25, -0.2) is 14.2 Å². The smallest absolute Gasteiger partial charge is 0.331 e. The number of carbonyl (C=O) groups is 1. The highest BCUT2D eigenvalue weighted by atomic mass is 19.1. The second kappa shape index (κ2) is 7.57.